The van der Waals surface area contributed by atoms with Gasteiger partial charge in [0.15, 0.2) is 0 Å². The molecular weight excluding hydrogens is 254 g/mol. The van der Waals surface area contributed by atoms with Crippen LogP contribution in [-0.2, 0) is 6.54 Å². The highest BCUT2D eigenvalue weighted by Crippen LogP contribution is 2.17. The van der Waals surface area contributed by atoms with Gasteiger partial charge in [-0.15, -0.1) is 0 Å². The third kappa shape index (κ3) is 2.82. The SMILES string of the molecule is CNc1ccc(C)cc1C(=O)NCc1c(C)noc1C. The average molecular weight is 273 g/mol. The largest absolute Gasteiger partial charge is 0.387 e. The van der Waals surface area contributed by atoms with Crippen molar-refractivity contribution < 1.29 is 9.32 Å². The normalized spacial score (nSPS) is 10.4. The highest BCUT2D eigenvalue weighted by atomic mass is 16.5. The van der Waals surface area contributed by atoms with E-state index < -0.39 is 0 Å². The fourth-order valence-corrected chi connectivity index (χ4v) is 2.08. The van der Waals surface area contributed by atoms with Gasteiger partial charge in [0.1, 0.15) is 5.76 Å². The molecule has 0 radical (unpaired) electrons. The predicted octanol–water partition coefficient (Wildman–Crippen LogP) is 2.57. The topological polar surface area (TPSA) is 67.2 Å². The first-order chi connectivity index (χ1) is 9.52. The van der Waals surface area contributed by atoms with E-state index in [4.69, 9.17) is 4.52 Å². The molecule has 1 amide bonds. The highest BCUT2D eigenvalue weighted by Gasteiger charge is 2.14. The maximum Gasteiger partial charge on any atom is 0.253 e. The van der Waals surface area contributed by atoms with Crippen molar-refractivity contribution in [2.45, 2.75) is 27.3 Å². The Morgan fingerprint density at radius 3 is 2.65 bits per heavy atom. The summed E-state index contributed by atoms with van der Waals surface area (Å²) in [5.41, 5.74) is 4.23. The molecule has 5 heteroatoms. The first-order valence-corrected chi connectivity index (χ1v) is 6.51. The third-order valence-electron chi connectivity index (χ3n) is 3.30. The van der Waals surface area contributed by atoms with E-state index in [0.717, 1.165) is 28.3 Å². The molecule has 1 aromatic carbocycles. The van der Waals surface area contributed by atoms with Gasteiger partial charge in [0.05, 0.1) is 11.3 Å². The van der Waals surface area contributed by atoms with Crippen LogP contribution in [0, 0.1) is 20.8 Å². The van der Waals surface area contributed by atoms with E-state index in [1.807, 2.05) is 39.0 Å². The number of nitrogens with zero attached hydrogens (tertiary/aromatic N) is 1. The molecule has 0 atom stereocenters. The van der Waals surface area contributed by atoms with Crippen molar-refractivity contribution in [1.29, 1.82) is 0 Å². The summed E-state index contributed by atoms with van der Waals surface area (Å²) in [6.07, 6.45) is 0. The van der Waals surface area contributed by atoms with Crippen LogP contribution in [0.5, 0.6) is 0 Å². The molecule has 0 aliphatic rings. The van der Waals surface area contributed by atoms with Crippen molar-refractivity contribution in [2.75, 3.05) is 12.4 Å². The molecule has 1 aromatic heterocycles. The molecule has 2 rings (SSSR count). The van der Waals surface area contributed by atoms with E-state index in [-0.39, 0.29) is 5.91 Å². The van der Waals surface area contributed by atoms with Crippen LogP contribution in [0.2, 0.25) is 0 Å². The average Bonchev–Trinajstić information content (AvgIpc) is 2.75. The Morgan fingerprint density at radius 2 is 2.05 bits per heavy atom. The fourth-order valence-electron chi connectivity index (χ4n) is 2.08. The smallest absolute Gasteiger partial charge is 0.253 e. The second-order valence-corrected chi connectivity index (χ2v) is 4.78. The Balaban J connectivity index is 2.15. The van der Waals surface area contributed by atoms with E-state index in [2.05, 4.69) is 15.8 Å². The number of anilines is 1. The van der Waals surface area contributed by atoms with E-state index in [1.165, 1.54) is 0 Å². The molecule has 5 nitrogen and oxygen atoms in total. The van der Waals surface area contributed by atoms with Crippen molar-refractivity contribution in [3.63, 3.8) is 0 Å². The molecule has 0 aliphatic carbocycles. The van der Waals surface area contributed by atoms with Gasteiger partial charge in [-0.25, -0.2) is 0 Å². The molecule has 2 N–H and O–H groups in total. The Kier molecular flexibility index (Phi) is 4.08. The summed E-state index contributed by atoms with van der Waals surface area (Å²) in [4.78, 5) is 12.3. The highest BCUT2D eigenvalue weighted by molar-refractivity contribution is 5.99. The van der Waals surface area contributed by atoms with Gasteiger partial charge in [-0.1, -0.05) is 16.8 Å². The van der Waals surface area contributed by atoms with Gasteiger partial charge in [-0.3, -0.25) is 4.79 Å². The van der Waals surface area contributed by atoms with Crippen molar-refractivity contribution in [2.24, 2.45) is 0 Å². The molecule has 1 heterocycles. The minimum Gasteiger partial charge on any atom is -0.387 e. The van der Waals surface area contributed by atoms with Gasteiger partial charge < -0.3 is 15.2 Å². The molecule has 0 fully saturated rings. The minimum atomic E-state index is -0.113. The number of hydrogen-bond acceptors (Lipinski definition) is 4. The third-order valence-corrected chi connectivity index (χ3v) is 3.30. The Morgan fingerprint density at radius 1 is 1.30 bits per heavy atom. The zero-order chi connectivity index (χ0) is 14.7. The van der Waals surface area contributed by atoms with Crippen molar-refractivity contribution in [3.05, 3.63) is 46.3 Å². The van der Waals surface area contributed by atoms with Gasteiger partial charge in [0.25, 0.3) is 5.91 Å². The molecule has 0 saturated carbocycles. The minimum absolute atomic E-state index is 0.113. The summed E-state index contributed by atoms with van der Waals surface area (Å²) in [6, 6.07) is 5.74. The zero-order valence-corrected chi connectivity index (χ0v) is 12.2. The molecule has 0 aliphatic heterocycles. The van der Waals surface area contributed by atoms with E-state index >= 15 is 0 Å². The summed E-state index contributed by atoms with van der Waals surface area (Å²) in [5.74, 6) is 0.624. The summed E-state index contributed by atoms with van der Waals surface area (Å²) in [5, 5.41) is 9.81. The molecule has 106 valence electrons. The van der Waals surface area contributed by atoms with Crippen LogP contribution < -0.4 is 10.6 Å². The lowest BCUT2D eigenvalue weighted by atomic mass is 10.1. The number of aromatic nitrogens is 1. The lowest BCUT2D eigenvalue weighted by Gasteiger charge is -2.10. The predicted molar refractivity (Wildman–Crippen MR) is 77.9 cm³/mol. The van der Waals surface area contributed by atoms with Crippen LogP contribution in [0.1, 0.15) is 32.9 Å². The molecule has 0 bridgehead atoms. The van der Waals surface area contributed by atoms with Crippen LogP contribution in [0.3, 0.4) is 0 Å². The number of nitrogens with one attached hydrogen (secondary N) is 2. The van der Waals surface area contributed by atoms with Crippen LogP contribution in [0.25, 0.3) is 0 Å². The summed E-state index contributed by atoms with van der Waals surface area (Å²) >= 11 is 0. The monoisotopic (exact) mass is 273 g/mol. The Labute approximate surface area is 118 Å². The number of aryl methyl sites for hydroxylation is 3. The first-order valence-electron chi connectivity index (χ1n) is 6.51. The molecule has 0 unspecified atom stereocenters. The zero-order valence-electron chi connectivity index (χ0n) is 12.2. The fraction of sp³-hybridized carbons (Fsp3) is 0.333. The standard InChI is InChI=1S/C15H19N3O2/c1-9-5-6-14(16-4)12(7-9)15(19)17-8-13-10(2)18-20-11(13)3/h5-7,16H,8H2,1-4H3,(H,17,19). The quantitative estimate of drug-likeness (QED) is 0.898. The van der Waals surface area contributed by atoms with Gasteiger partial charge in [-0.05, 0) is 32.9 Å². The van der Waals surface area contributed by atoms with E-state index in [0.29, 0.717) is 12.1 Å². The number of benzene rings is 1. The maximum absolute atomic E-state index is 12.3. The number of amides is 1. The van der Waals surface area contributed by atoms with Crippen molar-refractivity contribution in [3.8, 4) is 0 Å². The van der Waals surface area contributed by atoms with Gasteiger partial charge in [0, 0.05) is 24.8 Å². The van der Waals surface area contributed by atoms with Gasteiger partial charge in [0.2, 0.25) is 0 Å². The second-order valence-electron chi connectivity index (χ2n) is 4.78. The summed E-state index contributed by atoms with van der Waals surface area (Å²) < 4.78 is 5.08. The number of carbonyl (C=O) groups excluding carboxylic acids is 1. The lowest BCUT2D eigenvalue weighted by Crippen LogP contribution is -2.24. The summed E-state index contributed by atoms with van der Waals surface area (Å²) in [7, 11) is 1.80. The molecule has 20 heavy (non-hydrogen) atoms. The number of rotatable bonds is 4. The Hall–Kier alpha value is -2.30. The lowest BCUT2D eigenvalue weighted by molar-refractivity contribution is 0.0951. The van der Waals surface area contributed by atoms with Crippen LogP contribution in [0.4, 0.5) is 5.69 Å². The second kappa shape index (κ2) is 5.77. The van der Waals surface area contributed by atoms with Gasteiger partial charge >= 0.3 is 0 Å². The molecule has 2 aromatic rings. The maximum atomic E-state index is 12.3. The van der Waals surface area contributed by atoms with Crippen molar-refractivity contribution in [1.82, 2.24) is 10.5 Å². The first kappa shape index (κ1) is 14.1. The van der Waals surface area contributed by atoms with Crippen LogP contribution in [0.15, 0.2) is 22.7 Å². The number of carbonyl (C=O) groups is 1. The Bertz CT molecular complexity index is 613. The van der Waals surface area contributed by atoms with Crippen LogP contribution >= 0.6 is 0 Å². The van der Waals surface area contributed by atoms with E-state index in [9.17, 15) is 4.79 Å². The summed E-state index contributed by atoms with van der Waals surface area (Å²) in [6.45, 7) is 6.08. The van der Waals surface area contributed by atoms with E-state index in [1.54, 1.807) is 7.05 Å². The molecule has 0 saturated heterocycles. The number of hydrogen-bond donors (Lipinski definition) is 2. The van der Waals surface area contributed by atoms with Gasteiger partial charge in [-0.2, -0.15) is 0 Å². The molecular formula is C15H19N3O2. The van der Waals surface area contributed by atoms with Crippen LogP contribution in [-0.4, -0.2) is 18.1 Å². The van der Waals surface area contributed by atoms with Crippen molar-refractivity contribution >= 4 is 11.6 Å². The molecule has 0 spiro atoms.